The number of H-pyrrole nitrogens is 1. The quantitative estimate of drug-likeness (QED) is 0.843. The molecule has 1 N–H and O–H groups in total. The third kappa shape index (κ3) is 4.24. The number of rotatable bonds is 5. The molecule has 2 rings (SSSR count). The van der Waals surface area contributed by atoms with E-state index >= 15 is 0 Å². The summed E-state index contributed by atoms with van der Waals surface area (Å²) < 4.78 is 11.6. The fraction of sp³-hybridized carbons (Fsp3) is 0.471. The molecule has 0 bridgehead atoms. The van der Waals surface area contributed by atoms with Crippen molar-refractivity contribution < 1.29 is 18.7 Å². The third-order valence-electron chi connectivity index (χ3n) is 3.56. The van der Waals surface area contributed by atoms with E-state index in [4.69, 9.17) is 9.26 Å². The highest BCUT2D eigenvalue weighted by molar-refractivity contribution is 5.76. The minimum atomic E-state index is -0.499. The maximum atomic E-state index is 12.3. The van der Waals surface area contributed by atoms with Crippen molar-refractivity contribution in [3.05, 3.63) is 40.4 Å². The monoisotopic (exact) mass is 334 g/mol. The molecule has 7 nitrogen and oxygen atoms in total. The zero-order chi connectivity index (χ0) is 17.9. The van der Waals surface area contributed by atoms with E-state index in [1.54, 1.807) is 38.4 Å². The van der Waals surface area contributed by atoms with Crippen LogP contribution in [0.2, 0.25) is 0 Å². The average molecular weight is 334 g/mol. The van der Waals surface area contributed by atoms with Crippen molar-refractivity contribution >= 4 is 5.91 Å². The van der Waals surface area contributed by atoms with Crippen LogP contribution in [0.15, 0.2) is 33.6 Å². The smallest absolute Gasteiger partial charge is 0.432 e. The summed E-state index contributed by atoms with van der Waals surface area (Å²) >= 11 is 0. The van der Waals surface area contributed by atoms with Crippen molar-refractivity contribution in [2.45, 2.75) is 33.7 Å². The highest BCUT2D eigenvalue weighted by Crippen LogP contribution is 2.19. The van der Waals surface area contributed by atoms with Gasteiger partial charge in [0.25, 0.3) is 0 Å². The number of ether oxygens (including phenoxy) is 1. The number of carbonyl (C=O) groups is 1. The van der Waals surface area contributed by atoms with Crippen molar-refractivity contribution in [3.63, 3.8) is 0 Å². The minimum Gasteiger partial charge on any atom is -0.497 e. The fourth-order valence-electron chi connectivity index (χ4n) is 2.27. The average Bonchev–Trinajstić information content (AvgIpc) is 2.87. The van der Waals surface area contributed by atoms with Gasteiger partial charge in [0, 0.05) is 25.6 Å². The van der Waals surface area contributed by atoms with Gasteiger partial charge in [-0.1, -0.05) is 20.8 Å². The zero-order valence-corrected chi connectivity index (χ0v) is 14.8. The second-order valence-electron chi connectivity index (χ2n) is 6.95. The van der Waals surface area contributed by atoms with Crippen LogP contribution in [0.1, 0.15) is 32.9 Å². The Morgan fingerprint density at radius 3 is 2.46 bits per heavy atom. The summed E-state index contributed by atoms with van der Waals surface area (Å²) in [7, 11) is 3.27. The number of nitrogens with zero attached hydrogens (tertiary/aromatic N) is 2. The molecule has 1 aromatic carbocycles. The lowest BCUT2D eigenvalue weighted by Gasteiger charge is -2.21. The van der Waals surface area contributed by atoms with Gasteiger partial charge in [-0.3, -0.25) is 9.32 Å². The first-order valence-electron chi connectivity index (χ1n) is 7.72. The number of hydrogen-bond acceptors (Lipinski definition) is 4. The fourth-order valence-corrected chi connectivity index (χ4v) is 2.27. The normalized spacial score (nSPS) is 11.4. The van der Waals surface area contributed by atoms with Gasteiger partial charge in [-0.25, -0.2) is 4.79 Å². The maximum absolute atomic E-state index is 12.3. The first-order valence-corrected chi connectivity index (χ1v) is 7.72. The third-order valence-corrected chi connectivity index (χ3v) is 3.56. The number of hydrogen-bond donors (Lipinski definition) is 1. The molecule has 0 fully saturated rings. The molecule has 2 aromatic rings. The number of methoxy groups -OCH3 is 1. The summed E-state index contributed by atoms with van der Waals surface area (Å²) in [6, 6.07) is 7.16. The van der Waals surface area contributed by atoms with Gasteiger partial charge in [0.15, 0.2) is 0 Å². The number of amides is 1. The summed E-state index contributed by atoms with van der Waals surface area (Å²) in [5, 5.41) is 2.57. The molecule has 24 heavy (non-hydrogen) atoms. The van der Waals surface area contributed by atoms with Crippen molar-refractivity contribution in [3.8, 4) is 11.4 Å². The van der Waals surface area contributed by atoms with E-state index < -0.39 is 5.63 Å². The van der Waals surface area contributed by atoms with Gasteiger partial charge in [0.05, 0.1) is 7.11 Å². The van der Waals surface area contributed by atoms with Gasteiger partial charge in [0.1, 0.15) is 12.3 Å². The highest BCUT2D eigenvalue weighted by atomic mass is 16.5. The van der Waals surface area contributed by atoms with E-state index in [2.05, 4.69) is 5.27 Å². The lowest BCUT2D eigenvalue weighted by atomic mass is 9.92. The first kappa shape index (κ1) is 17.8. The van der Waals surface area contributed by atoms with Gasteiger partial charge in [-0.15, -0.1) is 0 Å². The molecule has 0 radical (unpaired) electrons. The first-order chi connectivity index (χ1) is 11.2. The molecule has 0 saturated heterocycles. The molecule has 0 unspecified atom stereocenters. The Hall–Kier alpha value is -2.57. The molecule has 0 spiro atoms. The molecule has 1 aromatic heterocycles. The predicted molar refractivity (Wildman–Crippen MR) is 88.0 cm³/mol. The number of aromatic amines is 1. The van der Waals surface area contributed by atoms with Crippen molar-refractivity contribution in [1.29, 1.82) is 0 Å². The van der Waals surface area contributed by atoms with Crippen LogP contribution in [-0.4, -0.2) is 30.2 Å². The van der Waals surface area contributed by atoms with E-state index in [-0.39, 0.29) is 17.9 Å². The number of nitrogens with one attached hydrogen (secondary N) is 1. The molecule has 0 aliphatic carbocycles. The topological polar surface area (TPSA) is 79.4 Å². The van der Waals surface area contributed by atoms with E-state index in [0.29, 0.717) is 23.6 Å². The van der Waals surface area contributed by atoms with Crippen LogP contribution >= 0.6 is 0 Å². The molecule has 1 heterocycles. The Balaban J connectivity index is 2.23. The number of benzene rings is 1. The standard InChI is InChI=1S/C17H23N3O4/c1-17(2,3)10-15(21)19(4)11-14-16(22)24-18-20(14)12-6-8-13(23-5)9-7-12/h6-9H,10-11H2,1-5H3/p+1. The van der Waals surface area contributed by atoms with Gasteiger partial charge in [-0.2, -0.15) is 0 Å². The van der Waals surface area contributed by atoms with Gasteiger partial charge in [0.2, 0.25) is 11.6 Å². The van der Waals surface area contributed by atoms with Crippen LogP contribution in [0.25, 0.3) is 5.69 Å². The summed E-state index contributed by atoms with van der Waals surface area (Å²) in [6.07, 6.45) is 0.405. The molecule has 0 aliphatic heterocycles. The van der Waals surface area contributed by atoms with Crippen molar-refractivity contribution in [2.75, 3.05) is 14.2 Å². The Morgan fingerprint density at radius 1 is 1.29 bits per heavy atom. The SMILES string of the molecule is COc1ccc(-[n+]2[nH]oc(=O)c2CN(C)C(=O)CC(C)(C)C)cc1. The van der Waals surface area contributed by atoms with Gasteiger partial charge < -0.3 is 9.64 Å². The van der Waals surface area contributed by atoms with Crippen LogP contribution in [0.4, 0.5) is 0 Å². The van der Waals surface area contributed by atoms with Crippen molar-refractivity contribution in [1.82, 2.24) is 10.2 Å². The zero-order valence-electron chi connectivity index (χ0n) is 14.8. The Morgan fingerprint density at radius 2 is 1.92 bits per heavy atom. The molecular formula is C17H24N3O4+. The van der Waals surface area contributed by atoms with E-state index in [9.17, 15) is 9.59 Å². The van der Waals surface area contributed by atoms with Crippen LogP contribution in [0, 0.1) is 5.41 Å². The second-order valence-corrected chi connectivity index (χ2v) is 6.95. The summed E-state index contributed by atoms with van der Waals surface area (Å²) in [4.78, 5) is 25.8. The van der Waals surface area contributed by atoms with E-state index in [1.807, 2.05) is 20.8 Å². The summed E-state index contributed by atoms with van der Waals surface area (Å²) in [5.41, 5.74) is 0.458. The van der Waals surface area contributed by atoms with E-state index in [0.717, 1.165) is 0 Å². The molecule has 0 saturated carbocycles. The molecular weight excluding hydrogens is 310 g/mol. The second kappa shape index (κ2) is 6.90. The largest absolute Gasteiger partial charge is 0.497 e. The van der Waals surface area contributed by atoms with E-state index in [1.165, 1.54) is 9.58 Å². The Kier molecular flexibility index (Phi) is 5.11. The number of carbonyl (C=O) groups excluding carboxylic acids is 1. The Labute approximate surface area is 140 Å². The van der Waals surface area contributed by atoms with Crippen molar-refractivity contribution in [2.24, 2.45) is 5.41 Å². The highest BCUT2D eigenvalue weighted by Gasteiger charge is 2.27. The predicted octanol–water partition coefficient (Wildman–Crippen LogP) is 1.65. The molecule has 130 valence electrons. The lowest BCUT2D eigenvalue weighted by molar-refractivity contribution is -0.678. The van der Waals surface area contributed by atoms with Crippen LogP contribution in [0.3, 0.4) is 0 Å². The lowest BCUT2D eigenvalue weighted by Crippen LogP contribution is -2.42. The maximum Gasteiger partial charge on any atom is 0.432 e. The molecule has 1 amide bonds. The molecule has 0 aliphatic rings. The number of aromatic nitrogens is 2. The van der Waals surface area contributed by atoms with Crippen LogP contribution in [-0.2, 0) is 11.3 Å². The van der Waals surface area contributed by atoms with Gasteiger partial charge >= 0.3 is 11.3 Å². The van der Waals surface area contributed by atoms with Crippen LogP contribution in [0.5, 0.6) is 5.75 Å². The molecule has 7 heteroatoms. The minimum absolute atomic E-state index is 0.0237. The van der Waals surface area contributed by atoms with Crippen LogP contribution < -0.4 is 15.0 Å². The summed E-state index contributed by atoms with van der Waals surface area (Å²) in [5.74, 6) is 0.689. The van der Waals surface area contributed by atoms with Gasteiger partial charge in [-0.05, 0) is 27.5 Å². The Bertz CT molecular complexity index is 753. The summed E-state index contributed by atoms with van der Waals surface area (Å²) in [6.45, 7) is 6.16. The molecule has 0 atom stereocenters.